The molecule has 44 heavy (non-hydrogen) atoms. The first-order chi connectivity index (χ1) is 20.9. The van der Waals surface area contributed by atoms with Crippen molar-refractivity contribution in [1.29, 1.82) is 0 Å². The Labute approximate surface area is 262 Å². The lowest BCUT2D eigenvalue weighted by Gasteiger charge is -2.37. The fourth-order valence-electron chi connectivity index (χ4n) is 6.55. The number of fused-ring (bicyclic) bond motifs is 4. The molecule has 0 saturated heterocycles. The van der Waals surface area contributed by atoms with Crippen molar-refractivity contribution in [3.05, 3.63) is 58.0 Å². The summed E-state index contributed by atoms with van der Waals surface area (Å²) in [6.07, 6.45) is 3.84. The highest BCUT2D eigenvalue weighted by Gasteiger charge is 2.47. The molecule has 0 fully saturated rings. The highest BCUT2D eigenvalue weighted by Crippen LogP contribution is 2.52. The highest BCUT2D eigenvalue weighted by molar-refractivity contribution is 7.98. The van der Waals surface area contributed by atoms with Crippen LogP contribution in [0.1, 0.15) is 85.0 Å². The zero-order chi connectivity index (χ0) is 31.4. The lowest BCUT2D eigenvalue weighted by Crippen LogP contribution is -2.36. The molecule has 2 aromatic heterocycles. The summed E-state index contributed by atoms with van der Waals surface area (Å²) < 4.78 is 14.3. The average Bonchev–Trinajstić information content (AvgIpc) is 3.39. The Bertz CT molecular complexity index is 1610. The molecule has 6 rings (SSSR count). The normalized spacial score (nSPS) is 20.9. The van der Waals surface area contributed by atoms with Crippen LogP contribution >= 0.6 is 11.8 Å². The van der Waals surface area contributed by atoms with E-state index < -0.39 is 17.3 Å². The topological polar surface area (TPSA) is 115 Å². The van der Waals surface area contributed by atoms with Gasteiger partial charge in [0.25, 0.3) is 5.91 Å². The van der Waals surface area contributed by atoms with Gasteiger partial charge in [0.05, 0.1) is 24.5 Å². The van der Waals surface area contributed by atoms with E-state index in [9.17, 15) is 9.59 Å². The number of aryl methyl sites for hydroxylation is 1. The van der Waals surface area contributed by atoms with Gasteiger partial charge in [-0.15, -0.1) is 0 Å². The molecule has 2 atom stereocenters. The quantitative estimate of drug-likeness (QED) is 0.306. The van der Waals surface area contributed by atoms with Crippen molar-refractivity contribution in [2.75, 3.05) is 37.1 Å². The van der Waals surface area contributed by atoms with Crippen molar-refractivity contribution in [3.63, 3.8) is 0 Å². The summed E-state index contributed by atoms with van der Waals surface area (Å²) in [5, 5.41) is 8.23. The molecule has 1 aromatic carbocycles. The number of rotatable bonds is 4. The van der Waals surface area contributed by atoms with Gasteiger partial charge in [-0.25, -0.2) is 14.8 Å². The molecule has 3 aliphatic rings. The number of ether oxygens (including phenoxy) is 2. The monoisotopic (exact) mass is 619 g/mol. The van der Waals surface area contributed by atoms with E-state index in [1.807, 2.05) is 49.9 Å². The van der Waals surface area contributed by atoms with Crippen LogP contribution in [0.5, 0.6) is 0 Å². The first-order valence-electron chi connectivity index (χ1n) is 15.1. The largest absolute Gasteiger partial charge is 0.444 e. The minimum atomic E-state index is -0.585. The number of thioether (sulfide) groups is 1. The summed E-state index contributed by atoms with van der Waals surface area (Å²) in [6.45, 7) is 10.3. The molecule has 2 aliphatic heterocycles. The minimum Gasteiger partial charge on any atom is -0.444 e. The summed E-state index contributed by atoms with van der Waals surface area (Å²) >= 11 is 1.53. The first kappa shape index (κ1) is 30.4. The number of amides is 2. The van der Waals surface area contributed by atoms with Crippen molar-refractivity contribution in [2.24, 2.45) is 0 Å². The summed E-state index contributed by atoms with van der Waals surface area (Å²) in [7, 11) is 3.48. The summed E-state index contributed by atoms with van der Waals surface area (Å²) in [5.74, 6) is 1.08. The zero-order valence-electron chi connectivity index (χ0n) is 26.6. The van der Waals surface area contributed by atoms with Crippen molar-refractivity contribution in [2.45, 2.75) is 88.9 Å². The molecule has 4 heterocycles. The van der Waals surface area contributed by atoms with E-state index >= 15 is 0 Å². The number of hydrogen-bond donors (Lipinski definition) is 1. The Morgan fingerprint density at radius 2 is 1.98 bits per heavy atom. The smallest absolute Gasteiger partial charge is 0.412 e. The molecular formula is C32H41N7O4S. The second kappa shape index (κ2) is 11.4. The fourth-order valence-corrected chi connectivity index (χ4v) is 6.93. The lowest BCUT2D eigenvalue weighted by atomic mass is 9.86. The number of aromatic nitrogens is 4. The first-order valence-corrected chi connectivity index (χ1v) is 16.3. The third kappa shape index (κ3) is 5.77. The Morgan fingerprint density at radius 3 is 2.70 bits per heavy atom. The van der Waals surface area contributed by atoms with Gasteiger partial charge in [-0.1, -0.05) is 24.8 Å². The summed E-state index contributed by atoms with van der Waals surface area (Å²) in [5.41, 5.74) is 5.32. The van der Waals surface area contributed by atoms with Crippen molar-refractivity contribution >= 4 is 35.3 Å². The van der Waals surface area contributed by atoms with E-state index in [4.69, 9.17) is 19.4 Å². The van der Waals surface area contributed by atoms with E-state index in [1.54, 1.807) is 19.0 Å². The van der Waals surface area contributed by atoms with Gasteiger partial charge in [-0.2, -0.15) is 5.10 Å². The Kier molecular flexibility index (Phi) is 7.86. The van der Waals surface area contributed by atoms with Crippen LogP contribution in [0.15, 0.2) is 29.4 Å². The molecular weight excluding hydrogens is 578 g/mol. The van der Waals surface area contributed by atoms with E-state index in [0.29, 0.717) is 36.9 Å². The van der Waals surface area contributed by atoms with E-state index in [0.717, 1.165) is 59.4 Å². The molecule has 3 aromatic rings. The van der Waals surface area contributed by atoms with Crippen LogP contribution in [0.4, 0.5) is 16.3 Å². The number of nitrogens with one attached hydrogen (secondary N) is 1. The molecule has 2 amide bonds. The van der Waals surface area contributed by atoms with Gasteiger partial charge < -0.3 is 19.3 Å². The third-order valence-corrected chi connectivity index (χ3v) is 9.02. The van der Waals surface area contributed by atoms with Crippen LogP contribution in [0, 0.1) is 0 Å². The lowest BCUT2D eigenvalue weighted by molar-refractivity contribution is -0.0753. The molecule has 0 radical (unpaired) electrons. The van der Waals surface area contributed by atoms with Crippen LogP contribution in [-0.2, 0) is 41.2 Å². The fraction of sp³-hybridized carbons (Fsp3) is 0.531. The van der Waals surface area contributed by atoms with E-state index in [2.05, 4.69) is 28.3 Å². The number of hydrogen-bond acceptors (Lipinski definition) is 9. The Hall–Kier alpha value is -3.64. The van der Waals surface area contributed by atoms with Crippen molar-refractivity contribution in [1.82, 2.24) is 24.6 Å². The van der Waals surface area contributed by atoms with Crippen LogP contribution < -0.4 is 10.2 Å². The number of benzene rings is 1. The van der Waals surface area contributed by atoms with Gasteiger partial charge in [-0.05, 0) is 75.1 Å². The average molecular weight is 620 g/mol. The molecule has 0 bridgehead atoms. The SMILES string of the molecule is CSc1nc2c(c(N3CCCn4nc(C(=O)N(C)C)cc4C3)n1)COC1(C2)CC(C)c2ccc(NC(=O)OC(C)(C)C)cc21. The third-order valence-electron chi connectivity index (χ3n) is 8.47. The highest BCUT2D eigenvalue weighted by atomic mass is 32.2. The summed E-state index contributed by atoms with van der Waals surface area (Å²) in [4.78, 5) is 39.0. The van der Waals surface area contributed by atoms with Gasteiger partial charge in [0.15, 0.2) is 10.9 Å². The van der Waals surface area contributed by atoms with Gasteiger partial charge >= 0.3 is 6.09 Å². The van der Waals surface area contributed by atoms with Crippen LogP contribution in [0.2, 0.25) is 0 Å². The zero-order valence-corrected chi connectivity index (χ0v) is 27.4. The number of anilines is 2. The van der Waals surface area contributed by atoms with Gasteiger partial charge in [0, 0.05) is 44.9 Å². The second-order valence-corrected chi connectivity index (χ2v) is 13.9. The van der Waals surface area contributed by atoms with Gasteiger partial charge in [0.1, 0.15) is 17.0 Å². The molecule has 1 aliphatic carbocycles. The maximum absolute atomic E-state index is 12.6. The number of nitrogens with zero attached hydrogens (tertiary/aromatic N) is 6. The Morgan fingerprint density at radius 1 is 1.18 bits per heavy atom. The van der Waals surface area contributed by atoms with E-state index in [-0.39, 0.29) is 5.91 Å². The Balaban J connectivity index is 1.31. The summed E-state index contributed by atoms with van der Waals surface area (Å²) in [6, 6.07) is 7.96. The number of carbonyl (C=O) groups excluding carboxylic acids is 2. The predicted molar refractivity (Wildman–Crippen MR) is 169 cm³/mol. The molecule has 11 nitrogen and oxygen atoms in total. The second-order valence-electron chi connectivity index (χ2n) is 13.2. The molecule has 2 unspecified atom stereocenters. The van der Waals surface area contributed by atoms with Gasteiger partial charge in [0.2, 0.25) is 0 Å². The van der Waals surface area contributed by atoms with E-state index in [1.165, 1.54) is 17.3 Å². The van der Waals surface area contributed by atoms with Crippen LogP contribution in [-0.4, -0.2) is 69.1 Å². The molecule has 1 N–H and O–H groups in total. The molecule has 234 valence electrons. The predicted octanol–water partition coefficient (Wildman–Crippen LogP) is 5.33. The molecule has 0 saturated carbocycles. The maximum atomic E-state index is 12.6. The maximum Gasteiger partial charge on any atom is 0.412 e. The minimum absolute atomic E-state index is 0.101. The van der Waals surface area contributed by atoms with Crippen LogP contribution in [0.25, 0.3) is 0 Å². The molecule has 12 heteroatoms. The standard InChI is InChI=1S/C32H41N7O4S/c1-19-15-32(24-13-20(9-10-22(19)24)33-30(41)43-31(2,3)4)16-26-23(18-42-32)27(35-29(34-26)44-7)38-11-8-12-39-21(17-38)14-25(36-39)28(40)37(5)6/h9-10,13-14,19H,8,11-12,15-18H2,1-7H3,(H,33,41). The van der Waals surface area contributed by atoms with Crippen LogP contribution in [0.3, 0.4) is 0 Å². The van der Waals surface area contributed by atoms with Gasteiger partial charge in [-0.3, -0.25) is 14.8 Å². The number of carbonyl (C=O) groups is 2. The van der Waals surface area contributed by atoms with Crippen molar-refractivity contribution in [3.8, 4) is 0 Å². The van der Waals surface area contributed by atoms with Crippen molar-refractivity contribution < 1.29 is 19.1 Å². The molecule has 1 spiro atoms.